The Balaban J connectivity index is 1.88. The number of hydrogen-bond donors (Lipinski definition) is 2. The van der Waals surface area contributed by atoms with Crippen LogP contribution in [0.3, 0.4) is 0 Å². The van der Waals surface area contributed by atoms with E-state index in [1.807, 2.05) is 0 Å². The van der Waals surface area contributed by atoms with E-state index in [0.717, 1.165) is 26.1 Å². The van der Waals surface area contributed by atoms with Gasteiger partial charge in [-0.15, -0.1) is 0 Å². The monoisotopic (exact) mass is 212 g/mol. The van der Waals surface area contributed by atoms with Crippen LogP contribution in [0.5, 0.6) is 0 Å². The van der Waals surface area contributed by atoms with E-state index >= 15 is 0 Å². The minimum Gasteiger partial charge on any atom is -0.481 e. The first-order chi connectivity index (χ1) is 7.27. The Morgan fingerprint density at radius 2 is 1.93 bits per heavy atom. The lowest BCUT2D eigenvalue weighted by molar-refractivity contribution is -0.143. The Kier molecular flexibility index (Phi) is 3.59. The molecule has 0 aromatic heterocycles. The number of piperidine rings is 2. The first-order valence-electron chi connectivity index (χ1n) is 5.95. The molecule has 2 N–H and O–H groups in total. The van der Waals surface area contributed by atoms with Gasteiger partial charge in [0.15, 0.2) is 0 Å². The van der Waals surface area contributed by atoms with Crippen molar-refractivity contribution in [3.05, 3.63) is 0 Å². The largest absolute Gasteiger partial charge is 0.481 e. The molecule has 0 saturated carbocycles. The molecule has 86 valence electrons. The SMILES string of the molecule is O=C(O)[C@@H]1CNC[C@@H](N2CCCCC2)C1. The van der Waals surface area contributed by atoms with Crippen LogP contribution < -0.4 is 5.32 Å². The van der Waals surface area contributed by atoms with Gasteiger partial charge in [-0.2, -0.15) is 0 Å². The highest BCUT2D eigenvalue weighted by Crippen LogP contribution is 2.20. The molecule has 0 radical (unpaired) electrons. The quantitative estimate of drug-likeness (QED) is 0.701. The van der Waals surface area contributed by atoms with E-state index in [4.69, 9.17) is 5.11 Å². The second kappa shape index (κ2) is 4.94. The van der Waals surface area contributed by atoms with Crippen molar-refractivity contribution in [2.24, 2.45) is 5.92 Å². The van der Waals surface area contributed by atoms with Gasteiger partial charge in [0, 0.05) is 19.1 Å². The third-order valence-corrected chi connectivity index (χ3v) is 3.58. The summed E-state index contributed by atoms with van der Waals surface area (Å²) in [5, 5.41) is 12.2. The molecule has 2 heterocycles. The molecule has 2 atom stereocenters. The van der Waals surface area contributed by atoms with E-state index < -0.39 is 5.97 Å². The molecule has 4 heteroatoms. The lowest BCUT2D eigenvalue weighted by Gasteiger charge is -2.38. The summed E-state index contributed by atoms with van der Waals surface area (Å²) < 4.78 is 0. The van der Waals surface area contributed by atoms with Gasteiger partial charge in [-0.25, -0.2) is 0 Å². The third-order valence-electron chi connectivity index (χ3n) is 3.58. The number of nitrogens with one attached hydrogen (secondary N) is 1. The van der Waals surface area contributed by atoms with Crippen LogP contribution in [-0.4, -0.2) is 48.2 Å². The number of likely N-dealkylation sites (tertiary alicyclic amines) is 1. The van der Waals surface area contributed by atoms with Gasteiger partial charge in [0.25, 0.3) is 0 Å². The van der Waals surface area contributed by atoms with Crippen molar-refractivity contribution in [2.75, 3.05) is 26.2 Å². The molecule has 0 aliphatic carbocycles. The van der Waals surface area contributed by atoms with Crippen LogP contribution in [0, 0.1) is 5.92 Å². The average Bonchev–Trinajstić information content (AvgIpc) is 2.30. The predicted octanol–water partition coefficient (Wildman–Crippen LogP) is 0.535. The summed E-state index contributed by atoms with van der Waals surface area (Å²) in [6, 6.07) is 0.445. The summed E-state index contributed by atoms with van der Waals surface area (Å²) in [7, 11) is 0. The molecular weight excluding hydrogens is 192 g/mol. The van der Waals surface area contributed by atoms with Crippen LogP contribution >= 0.6 is 0 Å². The highest BCUT2D eigenvalue weighted by Gasteiger charge is 2.30. The standard InChI is InChI=1S/C11H20N2O2/c14-11(15)9-6-10(8-12-7-9)13-4-2-1-3-5-13/h9-10,12H,1-8H2,(H,14,15)/t9-,10-/m0/s1. The van der Waals surface area contributed by atoms with E-state index in [2.05, 4.69) is 10.2 Å². The Hall–Kier alpha value is -0.610. The van der Waals surface area contributed by atoms with Gasteiger partial charge in [-0.05, 0) is 32.4 Å². The van der Waals surface area contributed by atoms with Gasteiger partial charge in [-0.1, -0.05) is 6.42 Å². The van der Waals surface area contributed by atoms with Gasteiger partial charge >= 0.3 is 5.97 Å². The van der Waals surface area contributed by atoms with Crippen molar-refractivity contribution in [2.45, 2.75) is 31.7 Å². The number of nitrogens with zero attached hydrogens (tertiary/aromatic N) is 1. The van der Waals surface area contributed by atoms with Gasteiger partial charge in [0.2, 0.25) is 0 Å². The maximum Gasteiger partial charge on any atom is 0.307 e. The molecule has 2 saturated heterocycles. The Morgan fingerprint density at radius 3 is 2.60 bits per heavy atom. The highest BCUT2D eigenvalue weighted by molar-refractivity contribution is 5.70. The zero-order valence-corrected chi connectivity index (χ0v) is 9.11. The summed E-state index contributed by atoms with van der Waals surface area (Å²) in [4.78, 5) is 13.4. The molecule has 2 fully saturated rings. The van der Waals surface area contributed by atoms with Crippen LogP contribution in [0.1, 0.15) is 25.7 Å². The van der Waals surface area contributed by atoms with Crippen LogP contribution in [0.4, 0.5) is 0 Å². The van der Waals surface area contributed by atoms with Crippen LogP contribution in [0.15, 0.2) is 0 Å². The van der Waals surface area contributed by atoms with Crippen molar-refractivity contribution in [1.29, 1.82) is 0 Å². The van der Waals surface area contributed by atoms with Gasteiger partial charge in [0.1, 0.15) is 0 Å². The van der Waals surface area contributed by atoms with Crippen molar-refractivity contribution in [3.63, 3.8) is 0 Å². The predicted molar refractivity (Wildman–Crippen MR) is 57.8 cm³/mol. The van der Waals surface area contributed by atoms with Gasteiger partial charge in [-0.3, -0.25) is 9.69 Å². The van der Waals surface area contributed by atoms with Crippen LogP contribution in [0.25, 0.3) is 0 Å². The molecule has 4 nitrogen and oxygen atoms in total. The summed E-state index contributed by atoms with van der Waals surface area (Å²) >= 11 is 0. The van der Waals surface area contributed by atoms with Crippen molar-refractivity contribution in [1.82, 2.24) is 10.2 Å². The number of carbonyl (C=O) groups is 1. The zero-order valence-electron chi connectivity index (χ0n) is 9.11. The summed E-state index contributed by atoms with van der Waals surface area (Å²) in [5.41, 5.74) is 0. The van der Waals surface area contributed by atoms with Gasteiger partial charge in [0.05, 0.1) is 5.92 Å². The number of carboxylic acid groups (broad SMARTS) is 1. The average molecular weight is 212 g/mol. The second-order valence-electron chi connectivity index (χ2n) is 4.68. The molecule has 15 heavy (non-hydrogen) atoms. The molecular formula is C11H20N2O2. The van der Waals surface area contributed by atoms with E-state index in [1.54, 1.807) is 0 Å². The molecule has 0 spiro atoms. The Bertz CT molecular complexity index is 227. The lowest BCUT2D eigenvalue weighted by Crippen LogP contribution is -2.51. The summed E-state index contributed by atoms with van der Waals surface area (Å²) in [5.74, 6) is -0.838. The first kappa shape index (κ1) is 10.9. The van der Waals surface area contributed by atoms with Crippen molar-refractivity contribution < 1.29 is 9.90 Å². The maximum atomic E-state index is 10.9. The maximum absolute atomic E-state index is 10.9. The van der Waals surface area contributed by atoms with E-state index in [9.17, 15) is 4.79 Å². The first-order valence-corrected chi connectivity index (χ1v) is 5.95. The minimum absolute atomic E-state index is 0.189. The molecule has 0 amide bonds. The number of carboxylic acids is 1. The number of hydrogen-bond acceptors (Lipinski definition) is 3. The minimum atomic E-state index is -0.649. The molecule has 0 unspecified atom stereocenters. The van der Waals surface area contributed by atoms with Crippen molar-refractivity contribution in [3.8, 4) is 0 Å². The zero-order chi connectivity index (χ0) is 10.7. The van der Waals surface area contributed by atoms with E-state index in [1.165, 1.54) is 19.3 Å². The smallest absolute Gasteiger partial charge is 0.307 e. The molecule has 2 aliphatic rings. The fraction of sp³-hybridized carbons (Fsp3) is 0.909. The number of rotatable bonds is 2. The Labute approximate surface area is 90.6 Å². The van der Waals surface area contributed by atoms with Crippen LogP contribution in [0.2, 0.25) is 0 Å². The second-order valence-corrected chi connectivity index (χ2v) is 4.68. The van der Waals surface area contributed by atoms with Crippen molar-refractivity contribution >= 4 is 5.97 Å². The molecule has 0 aromatic rings. The van der Waals surface area contributed by atoms with E-state index in [0.29, 0.717) is 12.6 Å². The van der Waals surface area contributed by atoms with E-state index in [-0.39, 0.29) is 5.92 Å². The normalized spacial score (nSPS) is 33.9. The molecule has 2 rings (SSSR count). The summed E-state index contributed by atoms with van der Waals surface area (Å²) in [6.45, 7) is 3.90. The topological polar surface area (TPSA) is 52.6 Å². The fourth-order valence-corrected chi connectivity index (χ4v) is 2.67. The lowest BCUT2D eigenvalue weighted by atomic mass is 9.93. The highest BCUT2D eigenvalue weighted by atomic mass is 16.4. The summed E-state index contributed by atoms with van der Waals surface area (Å²) in [6.07, 6.45) is 4.70. The third kappa shape index (κ3) is 2.69. The number of aliphatic carboxylic acids is 1. The van der Waals surface area contributed by atoms with Crippen LogP contribution in [-0.2, 0) is 4.79 Å². The molecule has 0 aromatic carbocycles. The fourth-order valence-electron chi connectivity index (χ4n) is 2.67. The molecule has 0 bridgehead atoms. The Morgan fingerprint density at radius 1 is 1.20 bits per heavy atom. The van der Waals surface area contributed by atoms with Gasteiger partial charge < -0.3 is 10.4 Å². The molecule has 2 aliphatic heterocycles.